The van der Waals surface area contributed by atoms with Crippen molar-refractivity contribution in [3.8, 4) is 22.7 Å². The number of fused-ring (bicyclic) bond motifs is 14. The molecule has 0 bridgehead atoms. The van der Waals surface area contributed by atoms with Crippen molar-refractivity contribution in [1.29, 1.82) is 0 Å². The molecule has 5 nitrogen and oxygen atoms in total. The molecule has 0 unspecified atom stereocenters. The Morgan fingerprint density at radius 2 is 0.785 bits per heavy atom. The molecule has 65 heavy (non-hydrogen) atoms. The van der Waals surface area contributed by atoms with E-state index in [1.807, 2.05) is 0 Å². The van der Waals surface area contributed by atoms with Crippen molar-refractivity contribution in [3.05, 3.63) is 218 Å². The molecular formula is C59H38BN5. The second-order valence-electron chi connectivity index (χ2n) is 17.8. The lowest BCUT2D eigenvalue weighted by atomic mass is 9.34. The standard InChI is InChI=1S/C59H38BN5/c1-37-34-51-53-52(35-37)65-55-46(59-57(65)44-33-32-42(36-50(44)63(59)41-24-12-5-13-25-41)61(38-18-6-2-7-19-38)39-20-8-3-9-21-39)28-17-30-48(55)60(53)47-29-16-27-45-54(47)64(51)56-43-26-14-15-31-49(43)62(58(45)56)40-22-10-4-11-23-40/h2-36H,1H3. The third-order valence-corrected chi connectivity index (χ3v) is 14.3. The van der Waals surface area contributed by atoms with Gasteiger partial charge in [0.1, 0.15) is 0 Å². The van der Waals surface area contributed by atoms with Crippen LogP contribution in [0.3, 0.4) is 0 Å². The number of para-hydroxylation sites is 7. The summed E-state index contributed by atoms with van der Waals surface area (Å²) in [5.41, 5.74) is 23.4. The number of anilines is 3. The fourth-order valence-corrected chi connectivity index (χ4v) is 11.9. The number of hydrogen-bond acceptors (Lipinski definition) is 1. The van der Waals surface area contributed by atoms with E-state index in [4.69, 9.17) is 0 Å². The molecule has 0 atom stereocenters. The summed E-state index contributed by atoms with van der Waals surface area (Å²) in [5, 5.41) is 5.01. The van der Waals surface area contributed by atoms with Crippen LogP contribution in [0, 0.1) is 6.92 Å². The zero-order valence-electron chi connectivity index (χ0n) is 35.5. The first kappa shape index (κ1) is 35.0. The number of hydrogen-bond donors (Lipinski definition) is 0. The highest BCUT2D eigenvalue weighted by atomic mass is 15.1. The molecule has 0 amide bonds. The monoisotopic (exact) mass is 827 g/mol. The molecule has 13 aromatic rings. The Hall–Kier alpha value is -8.48. The molecule has 2 aliphatic heterocycles. The van der Waals surface area contributed by atoms with Crippen molar-refractivity contribution in [1.82, 2.24) is 18.3 Å². The van der Waals surface area contributed by atoms with Crippen LogP contribution in [-0.2, 0) is 0 Å². The zero-order chi connectivity index (χ0) is 42.5. The second kappa shape index (κ2) is 12.8. The van der Waals surface area contributed by atoms with Crippen molar-refractivity contribution in [2.45, 2.75) is 6.92 Å². The normalized spacial score (nSPS) is 12.7. The summed E-state index contributed by atoms with van der Waals surface area (Å²) >= 11 is 0. The first-order valence-corrected chi connectivity index (χ1v) is 22.6. The van der Waals surface area contributed by atoms with Crippen LogP contribution in [0.15, 0.2) is 212 Å². The maximum Gasteiger partial charge on any atom is 0.252 e. The van der Waals surface area contributed by atoms with E-state index in [1.54, 1.807) is 0 Å². The average molecular weight is 828 g/mol. The number of aromatic nitrogens is 4. The lowest BCUT2D eigenvalue weighted by Crippen LogP contribution is -2.59. The fourth-order valence-electron chi connectivity index (χ4n) is 11.9. The Morgan fingerprint density at radius 3 is 1.34 bits per heavy atom. The maximum absolute atomic E-state index is 2.63. The van der Waals surface area contributed by atoms with Gasteiger partial charge in [0.2, 0.25) is 0 Å². The van der Waals surface area contributed by atoms with Crippen LogP contribution in [0.1, 0.15) is 5.56 Å². The van der Waals surface area contributed by atoms with Crippen molar-refractivity contribution < 1.29 is 0 Å². The Labute approximate surface area is 374 Å². The summed E-state index contributed by atoms with van der Waals surface area (Å²) in [6, 6.07) is 78.3. The van der Waals surface area contributed by atoms with Crippen LogP contribution in [0.4, 0.5) is 17.1 Å². The van der Waals surface area contributed by atoms with E-state index in [9.17, 15) is 0 Å². The summed E-state index contributed by atoms with van der Waals surface area (Å²) in [6.07, 6.45) is 0. The predicted molar refractivity (Wildman–Crippen MR) is 273 cm³/mol. The minimum absolute atomic E-state index is 0.0517. The lowest BCUT2D eigenvalue weighted by molar-refractivity contribution is 1.13. The van der Waals surface area contributed by atoms with Crippen LogP contribution in [0.5, 0.6) is 0 Å². The number of aryl methyl sites for hydroxylation is 1. The Morgan fingerprint density at radius 1 is 0.338 bits per heavy atom. The number of rotatable bonds is 5. The van der Waals surface area contributed by atoms with Gasteiger partial charge >= 0.3 is 0 Å². The maximum atomic E-state index is 2.63. The quantitative estimate of drug-likeness (QED) is 0.159. The molecule has 6 heteroatoms. The summed E-state index contributed by atoms with van der Waals surface area (Å²) in [5.74, 6) is 0. The van der Waals surface area contributed by atoms with Crippen molar-refractivity contribution in [3.63, 3.8) is 0 Å². The second-order valence-corrected chi connectivity index (χ2v) is 17.8. The number of nitrogens with zero attached hydrogens (tertiary/aromatic N) is 5. The van der Waals surface area contributed by atoms with Gasteiger partial charge in [0.05, 0.1) is 44.1 Å². The Balaban J connectivity index is 1.08. The van der Waals surface area contributed by atoms with E-state index < -0.39 is 0 Å². The zero-order valence-corrected chi connectivity index (χ0v) is 35.5. The summed E-state index contributed by atoms with van der Waals surface area (Å²) < 4.78 is 10.3. The highest BCUT2D eigenvalue weighted by molar-refractivity contribution is 7.00. The van der Waals surface area contributed by atoms with E-state index >= 15 is 0 Å². The molecule has 0 saturated carbocycles. The molecule has 15 rings (SSSR count). The van der Waals surface area contributed by atoms with Gasteiger partial charge in [-0.1, -0.05) is 127 Å². The van der Waals surface area contributed by atoms with E-state index in [0.717, 1.165) is 22.7 Å². The van der Waals surface area contributed by atoms with Crippen LogP contribution >= 0.6 is 0 Å². The molecule has 6 heterocycles. The predicted octanol–water partition coefficient (Wildman–Crippen LogP) is 12.7. The third kappa shape index (κ3) is 4.52. The van der Waals surface area contributed by atoms with E-state index in [2.05, 4.69) is 242 Å². The van der Waals surface area contributed by atoms with Crippen LogP contribution in [0.25, 0.3) is 88.4 Å². The minimum Gasteiger partial charge on any atom is -0.310 e. The topological polar surface area (TPSA) is 23.0 Å². The minimum atomic E-state index is 0.0517. The Bertz CT molecular complexity index is 4080. The number of benzene rings is 9. The van der Waals surface area contributed by atoms with Gasteiger partial charge in [0.15, 0.2) is 0 Å². The Kier molecular flexibility index (Phi) is 6.90. The molecule has 4 aromatic heterocycles. The molecular weight excluding hydrogens is 789 g/mol. The molecule has 0 saturated heterocycles. The molecule has 0 spiro atoms. The lowest BCUT2D eigenvalue weighted by Gasteiger charge is -2.34. The average Bonchev–Trinajstić information content (AvgIpc) is 4.09. The van der Waals surface area contributed by atoms with Gasteiger partial charge in [-0.25, -0.2) is 0 Å². The van der Waals surface area contributed by atoms with Crippen molar-refractivity contribution in [2.24, 2.45) is 0 Å². The smallest absolute Gasteiger partial charge is 0.252 e. The van der Waals surface area contributed by atoms with Crippen LogP contribution < -0.4 is 21.3 Å². The molecule has 0 aliphatic carbocycles. The van der Waals surface area contributed by atoms with Crippen molar-refractivity contribution in [2.75, 3.05) is 4.90 Å². The fraction of sp³-hybridized carbons (Fsp3) is 0.0169. The summed E-state index contributed by atoms with van der Waals surface area (Å²) in [6.45, 7) is 2.33. The van der Waals surface area contributed by atoms with Gasteiger partial charge in [-0.05, 0) is 114 Å². The van der Waals surface area contributed by atoms with Gasteiger partial charge in [-0.15, -0.1) is 0 Å². The summed E-state index contributed by atoms with van der Waals surface area (Å²) in [7, 11) is 0. The largest absolute Gasteiger partial charge is 0.310 e. The SMILES string of the molecule is Cc1cc2c3c(c1)-n1c4c(cccc4c4c1c1ccc(N(c5ccccc5)c5ccccc5)cc1n4-c1ccccc1)B3c1cccc3c1n-2c1c2ccccc2n(-c2ccccc2)c31. The van der Waals surface area contributed by atoms with Gasteiger partial charge in [-0.2, -0.15) is 0 Å². The van der Waals surface area contributed by atoms with E-state index in [-0.39, 0.29) is 6.71 Å². The van der Waals surface area contributed by atoms with E-state index in [1.165, 1.54) is 105 Å². The highest BCUT2D eigenvalue weighted by Crippen LogP contribution is 2.47. The van der Waals surface area contributed by atoms with Gasteiger partial charge in [0, 0.05) is 61.4 Å². The van der Waals surface area contributed by atoms with Gasteiger partial charge in [-0.3, -0.25) is 0 Å². The third-order valence-electron chi connectivity index (χ3n) is 14.3. The molecule has 0 fully saturated rings. The molecule has 9 aromatic carbocycles. The van der Waals surface area contributed by atoms with Crippen LogP contribution in [-0.4, -0.2) is 25.0 Å². The van der Waals surface area contributed by atoms with Crippen LogP contribution in [0.2, 0.25) is 0 Å². The van der Waals surface area contributed by atoms with Gasteiger partial charge in [0.25, 0.3) is 6.71 Å². The first-order valence-electron chi connectivity index (χ1n) is 22.6. The molecule has 0 N–H and O–H groups in total. The van der Waals surface area contributed by atoms with E-state index in [0.29, 0.717) is 0 Å². The van der Waals surface area contributed by atoms with Crippen molar-refractivity contribution >= 4 is 106 Å². The molecule has 2 aliphatic rings. The molecule has 302 valence electrons. The summed E-state index contributed by atoms with van der Waals surface area (Å²) in [4.78, 5) is 2.37. The first-order chi connectivity index (χ1) is 32.2. The van der Waals surface area contributed by atoms with Gasteiger partial charge < -0.3 is 23.2 Å². The molecule has 0 radical (unpaired) electrons. The highest BCUT2D eigenvalue weighted by Gasteiger charge is 2.42.